The van der Waals surface area contributed by atoms with Crippen LogP contribution in [0.25, 0.3) is 0 Å². The molecular formula is C17H28N4O2. The molecule has 1 aromatic heterocycles. The summed E-state index contributed by atoms with van der Waals surface area (Å²) in [4.78, 5) is 25.0. The zero-order valence-electron chi connectivity index (χ0n) is 15.1. The van der Waals surface area contributed by atoms with Gasteiger partial charge in [-0.1, -0.05) is 0 Å². The Morgan fingerprint density at radius 1 is 1.35 bits per heavy atom. The molecule has 0 radical (unpaired) electrons. The lowest BCUT2D eigenvalue weighted by atomic mass is 10.1. The molecule has 1 aliphatic heterocycles. The molecule has 0 bridgehead atoms. The van der Waals surface area contributed by atoms with Crippen molar-refractivity contribution in [3.05, 3.63) is 17.5 Å². The molecule has 1 amide bonds. The van der Waals surface area contributed by atoms with E-state index in [1.54, 1.807) is 4.90 Å². The number of carbonyl (C=O) groups excluding carboxylic acids is 1. The summed E-state index contributed by atoms with van der Waals surface area (Å²) in [6.07, 6.45) is 0.763. The maximum absolute atomic E-state index is 12.1. The van der Waals surface area contributed by atoms with Gasteiger partial charge in [0.1, 0.15) is 5.60 Å². The molecule has 0 aromatic carbocycles. The van der Waals surface area contributed by atoms with Crippen LogP contribution >= 0.6 is 0 Å². The summed E-state index contributed by atoms with van der Waals surface area (Å²) in [5.74, 6) is 1.16. The van der Waals surface area contributed by atoms with Crippen LogP contribution in [0.2, 0.25) is 0 Å². The number of hydrogen-bond acceptors (Lipinski definition) is 5. The smallest absolute Gasteiger partial charge is 0.410 e. The average molecular weight is 320 g/mol. The third-order valence-corrected chi connectivity index (χ3v) is 3.78. The molecular weight excluding hydrogens is 292 g/mol. The molecule has 0 spiro atoms. The van der Waals surface area contributed by atoms with Crippen molar-refractivity contribution < 1.29 is 9.53 Å². The Morgan fingerprint density at radius 3 is 2.52 bits per heavy atom. The Kier molecular flexibility index (Phi) is 5.12. The SMILES string of the molecule is Cc1cc(C)nc(N(C)C[C@@H]2CCN(C(=O)OC(C)(C)C)C2)n1. The summed E-state index contributed by atoms with van der Waals surface area (Å²) in [5.41, 5.74) is 1.50. The van der Waals surface area contributed by atoms with Crippen LogP contribution in [-0.2, 0) is 4.74 Å². The second-order valence-electron chi connectivity index (χ2n) is 7.41. The second kappa shape index (κ2) is 6.72. The van der Waals surface area contributed by atoms with Gasteiger partial charge in [-0.15, -0.1) is 0 Å². The van der Waals surface area contributed by atoms with Gasteiger partial charge < -0.3 is 14.5 Å². The Morgan fingerprint density at radius 2 is 1.96 bits per heavy atom. The van der Waals surface area contributed by atoms with Gasteiger partial charge in [0.25, 0.3) is 0 Å². The fourth-order valence-corrected chi connectivity index (χ4v) is 2.82. The van der Waals surface area contributed by atoms with E-state index in [2.05, 4.69) is 14.9 Å². The number of rotatable bonds is 3. The number of anilines is 1. The van der Waals surface area contributed by atoms with Crippen molar-refractivity contribution in [1.29, 1.82) is 0 Å². The van der Waals surface area contributed by atoms with Crippen LogP contribution in [-0.4, -0.2) is 53.2 Å². The minimum atomic E-state index is -0.446. The number of aryl methyl sites for hydroxylation is 2. The predicted molar refractivity (Wildman–Crippen MR) is 90.7 cm³/mol. The average Bonchev–Trinajstić information content (AvgIpc) is 2.84. The molecule has 6 nitrogen and oxygen atoms in total. The minimum absolute atomic E-state index is 0.217. The molecule has 0 aliphatic carbocycles. The van der Waals surface area contributed by atoms with E-state index in [0.717, 1.165) is 43.4 Å². The van der Waals surface area contributed by atoms with Gasteiger partial charge in [-0.25, -0.2) is 14.8 Å². The van der Waals surface area contributed by atoms with E-state index in [1.165, 1.54) is 0 Å². The first-order valence-corrected chi connectivity index (χ1v) is 8.15. The van der Waals surface area contributed by atoms with E-state index in [-0.39, 0.29) is 6.09 Å². The number of nitrogens with zero attached hydrogens (tertiary/aromatic N) is 4. The molecule has 23 heavy (non-hydrogen) atoms. The molecule has 128 valence electrons. The molecule has 2 rings (SSSR count). The Labute approximate surface area is 138 Å². The quantitative estimate of drug-likeness (QED) is 0.857. The van der Waals surface area contributed by atoms with E-state index >= 15 is 0 Å². The summed E-state index contributed by atoms with van der Waals surface area (Å²) in [6, 6.07) is 1.97. The van der Waals surface area contributed by atoms with Gasteiger partial charge >= 0.3 is 6.09 Å². The summed E-state index contributed by atoms with van der Waals surface area (Å²) in [6.45, 7) is 11.9. The monoisotopic (exact) mass is 320 g/mol. The molecule has 1 aliphatic rings. The molecule has 1 fully saturated rings. The maximum Gasteiger partial charge on any atom is 0.410 e. The highest BCUT2D eigenvalue weighted by Gasteiger charge is 2.30. The van der Waals surface area contributed by atoms with E-state index < -0.39 is 5.60 Å². The highest BCUT2D eigenvalue weighted by Crippen LogP contribution is 2.21. The van der Waals surface area contributed by atoms with E-state index in [1.807, 2.05) is 47.7 Å². The van der Waals surface area contributed by atoms with E-state index in [0.29, 0.717) is 5.92 Å². The zero-order valence-corrected chi connectivity index (χ0v) is 15.1. The number of likely N-dealkylation sites (tertiary alicyclic amines) is 1. The highest BCUT2D eigenvalue weighted by atomic mass is 16.6. The first-order chi connectivity index (χ1) is 10.6. The van der Waals surface area contributed by atoms with Crippen LogP contribution in [0, 0.1) is 19.8 Å². The van der Waals surface area contributed by atoms with Gasteiger partial charge in [-0.05, 0) is 53.0 Å². The van der Waals surface area contributed by atoms with Gasteiger partial charge in [-0.3, -0.25) is 0 Å². The van der Waals surface area contributed by atoms with Gasteiger partial charge in [0, 0.05) is 38.1 Å². The fourth-order valence-electron chi connectivity index (χ4n) is 2.82. The molecule has 1 atom stereocenters. The highest BCUT2D eigenvalue weighted by molar-refractivity contribution is 5.68. The number of ether oxygens (including phenoxy) is 1. The van der Waals surface area contributed by atoms with Crippen LogP contribution in [0.3, 0.4) is 0 Å². The standard InChI is InChI=1S/C17H28N4O2/c1-12-9-13(2)19-15(18-12)20(6)10-14-7-8-21(11-14)16(22)23-17(3,4)5/h9,14H,7-8,10-11H2,1-6H3/t14-/m0/s1. The largest absolute Gasteiger partial charge is 0.444 e. The molecule has 0 unspecified atom stereocenters. The van der Waals surface area contributed by atoms with E-state index in [9.17, 15) is 4.79 Å². The first-order valence-electron chi connectivity index (χ1n) is 8.15. The minimum Gasteiger partial charge on any atom is -0.444 e. The lowest BCUT2D eigenvalue weighted by molar-refractivity contribution is 0.0288. The number of aromatic nitrogens is 2. The Balaban J connectivity index is 1.91. The Hall–Kier alpha value is -1.85. The third-order valence-electron chi connectivity index (χ3n) is 3.78. The molecule has 1 aromatic rings. The van der Waals surface area contributed by atoms with Crippen LogP contribution in [0.1, 0.15) is 38.6 Å². The van der Waals surface area contributed by atoms with Crippen LogP contribution in [0.4, 0.5) is 10.7 Å². The van der Waals surface area contributed by atoms with Crippen molar-refractivity contribution in [1.82, 2.24) is 14.9 Å². The summed E-state index contributed by atoms with van der Waals surface area (Å²) >= 11 is 0. The number of amides is 1. The van der Waals surface area contributed by atoms with Crippen molar-refractivity contribution in [3.8, 4) is 0 Å². The topological polar surface area (TPSA) is 58.6 Å². The lowest BCUT2D eigenvalue weighted by Crippen LogP contribution is -2.36. The maximum atomic E-state index is 12.1. The van der Waals surface area contributed by atoms with Crippen molar-refractivity contribution in [2.45, 2.75) is 46.6 Å². The summed E-state index contributed by atoms with van der Waals surface area (Å²) in [7, 11) is 2.00. The lowest BCUT2D eigenvalue weighted by Gasteiger charge is -2.25. The molecule has 1 saturated heterocycles. The van der Waals surface area contributed by atoms with Gasteiger partial charge in [0.2, 0.25) is 5.95 Å². The number of hydrogen-bond donors (Lipinski definition) is 0. The van der Waals surface area contributed by atoms with Crippen molar-refractivity contribution >= 4 is 12.0 Å². The van der Waals surface area contributed by atoms with Crippen molar-refractivity contribution in [3.63, 3.8) is 0 Å². The molecule has 0 saturated carbocycles. The fraction of sp³-hybridized carbons (Fsp3) is 0.706. The Bertz CT molecular complexity index is 548. The van der Waals surface area contributed by atoms with Gasteiger partial charge in [0.15, 0.2) is 0 Å². The van der Waals surface area contributed by atoms with E-state index in [4.69, 9.17) is 4.74 Å². The third kappa shape index (κ3) is 5.08. The van der Waals surface area contributed by atoms with Crippen molar-refractivity contribution in [2.24, 2.45) is 5.92 Å². The molecule has 6 heteroatoms. The summed E-state index contributed by atoms with van der Waals surface area (Å²) in [5, 5.41) is 0. The van der Waals surface area contributed by atoms with Crippen LogP contribution < -0.4 is 4.90 Å². The normalized spacial score (nSPS) is 18.2. The van der Waals surface area contributed by atoms with Gasteiger partial charge in [0.05, 0.1) is 0 Å². The van der Waals surface area contributed by atoms with Gasteiger partial charge in [-0.2, -0.15) is 0 Å². The molecule has 2 heterocycles. The number of carbonyl (C=O) groups is 1. The zero-order chi connectivity index (χ0) is 17.2. The predicted octanol–water partition coefficient (Wildman–Crippen LogP) is 2.79. The second-order valence-corrected chi connectivity index (χ2v) is 7.41. The summed E-state index contributed by atoms with van der Waals surface area (Å²) < 4.78 is 5.44. The van der Waals surface area contributed by atoms with Crippen LogP contribution in [0.5, 0.6) is 0 Å². The molecule has 0 N–H and O–H groups in total. The first kappa shape index (κ1) is 17.5. The van der Waals surface area contributed by atoms with Crippen molar-refractivity contribution in [2.75, 3.05) is 31.6 Å². The van der Waals surface area contributed by atoms with Crippen LogP contribution in [0.15, 0.2) is 6.07 Å².